The van der Waals surface area contributed by atoms with Gasteiger partial charge in [0.1, 0.15) is 5.78 Å². The monoisotopic (exact) mass is 199 g/mol. The van der Waals surface area contributed by atoms with E-state index in [1.54, 1.807) is 0 Å². The largest absolute Gasteiger partial charge is 0.299 e. The van der Waals surface area contributed by atoms with Crippen LogP contribution in [-0.2, 0) is 4.79 Å². The maximum absolute atomic E-state index is 13.4. The maximum atomic E-state index is 13.4. The molecule has 0 atom stereocenters. The summed E-state index contributed by atoms with van der Waals surface area (Å²) in [4.78, 5) is 11.7. The second-order valence-corrected chi connectivity index (χ2v) is 5.60. The summed E-state index contributed by atoms with van der Waals surface area (Å²) in [6.45, 7) is 4.21. The van der Waals surface area contributed by atoms with Gasteiger partial charge in [-0.1, -0.05) is 13.8 Å². The van der Waals surface area contributed by atoms with Crippen LogP contribution in [0, 0.1) is 10.8 Å². The number of Topliss-reactive ketones (excluding diaryl/α,β-unsaturated/α-hetero) is 1. The van der Waals surface area contributed by atoms with Crippen LogP contribution in [0.3, 0.4) is 0 Å². The van der Waals surface area contributed by atoms with E-state index in [1.165, 1.54) is 0 Å². The molecular formula is C11H18FNO. The van der Waals surface area contributed by atoms with E-state index in [9.17, 15) is 9.18 Å². The minimum atomic E-state index is -1.53. The zero-order valence-corrected chi connectivity index (χ0v) is 8.90. The van der Waals surface area contributed by atoms with Gasteiger partial charge in [-0.2, -0.15) is 0 Å². The highest BCUT2D eigenvalue weighted by Gasteiger charge is 2.61. The molecule has 0 heterocycles. The van der Waals surface area contributed by atoms with Crippen LogP contribution < -0.4 is 5.73 Å². The summed E-state index contributed by atoms with van der Waals surface area (Å²) in [5, 5.41) is 0. The molecule has 0 aromatic carbocycles. The molecule has 0 aliphatic heterocycles. The molecule has 1 spiro atoms. The van der Waals surface area contributed by atoms with Gasteiger partial charge in [0.25, 0.3) is 0 Å². The summed E-state index contributed by atoms with van der Waals surface area (Å²) in [7, 11) is 0. The lowest BCUT2D eigenvalue weighted by Gasteiger charge is -2.57. The number of carbonyl (C=O) groups excluding carboxylic acids is 1. The Kier molecular flexibility index (Phi) is 1.85. The van der Waals surface area contributed by atoms with Crippen LogP contribution >= 0.6 is 0 Å². The van der Waals surface area contributed by atoms with Crippen molar-refractivity contribution in [3.05, 3.63) is 0 Å². The van der Waals surface area contributed by atoms with E-state index in [-0.39, 0.29) is 10.8 Å². The number of nitrogens with two attached hydrogens (primary N) is 1. The predicted octanol–water partition coefficient (Wildman–Crippen LogP) is 2.17. The van der Waals surface area contributed by atoms with E-state index in [0.717, 1.165) is 0 Å². The van der Waals surface area contributed by atoms with Crippen molar-refractivity contribution in [3.8, 4) is 0 Å². The number of alkyl halides is 1. The Labute approximate surface area is 84.0 Å². The van der Waals surface area contributed by atoms with Gasteiger partial charge in [0.15, 0.2) is 5.79 Å². The van der Waals surface area contributed by atoms with E-state index >= 15 is 0 Å². The number of halogens is 1. The number of rotatable bonds is 0. The molecule has 0 unspecified atom stereocenters. The summed E-state index contributed by atoms with van der Waals surface area (Å²) in [5.74, 6) is -1.21. The highest BCUT2D eigenvalue weighted by molar-refractivity contribution is 5.92. The molecule has 14 heavy (non-hydrogen) atoms. The molecule has 2 aliphatic carbocycles. The Morgan fingerprint density at radius 3 is 2.07 bits per heavy atom. The van der Waals surface area contributed by atoms with E-state index in [0.29, 0.717) is 37.9 Å². The summed E-state index contributed by atoms with van der Waals surface area (Å²) in [5.41, 5.74) is 5.24. The van der Waals surface area contributed by atoms with Gasteiger partial charge in [-0.15, -0.1) is 0 Å². The van der Waals surface area contributed by atoms with Crippen LogP contribution in [0.15, 0.2) is 0 Å². The van der Waals surface area contributed by atoms with Gasteiger partial charge in [-0.05, 0) is 31.1 Å². The summed E-state index contributed by atoms with van der Waals surface area (Å²) in [6.07, 6.45) is 2.58. The van der Waals surface area contributed by atoms with Gasteiger partial charge >= 0.3 is 0 Å². The quantitative estimate of drug-likeness (QED) is 0.607. The molecule has 3 heteroatoms. The van der Waals surface area contributed by atoms with Crippen LogP contribution in [0.1, 0.15) is 46.0 Å². The van der Waals surface area contributed by atoms with E-state index in [1.807, 2.05) is 0 Å². The molecule has 0 aromatic rings. The second kappa shape index (κ2) is 2.57. The lowest BCUT2D eigenvalue weighted by molar-refractivity contribution is -0.166. The summed E-state index contributed by atoms with van der Waals surface area (Å²) >= 11 is 0. The molecule has 80 valence electrons. The average Bonchev–Trinajstić information content (AvgIpc) is 2.02. The average molecular weight is 199 g/mol. The maximum Gasteiger partial charge on any atom is 0.159 e. The van der Waals surface area contributed by atoms with Gasteiger partial charge < -0.3 is 0 Å². The Balaban J connectivity index is 2.17. The van der Waals surface area contributed by atoms with Crippen LogP contribution in [0.4, 0.5) is 4.39 Å². The fraction of sp³-hybridized carbons (Fsp3) is 0.909. The predicted molar refractivity (Wildman–Crippen MR) is 52.3 cm³/mol. The van der Waals surface area contributed by atoms with Gasteiger partial charge in [-0.25, -0.2) is 4.39 Å². The van der Waals surface area contributed by atoms with Crippen molar-refractivity contribution in [3.63, 3.8) is 0 Å². The van der Waals surface area contributed by atoms with Gasteiger partial charge in [-0.3, -0.25) is 10.5 Å². The first-order valence-electron chi connectivity index (χ1n) is 5.30. The second-order valence-electron chi connectivity index (χ2n) is 5.60. The lowest BCUT2D eigenvalue weighted by Crippen LogP contribution is -2.60. The van der Waals surface area contributed by atoms with Gasteiger partial charge in [0.2, 0.25) is 0 Å². The molecule has 0 bridgehead atoms. The third-order valence-electron chi connectivity index (χ3n) is 4.37. The number of hydrogen-bond acceptors (Lipinski definition) is 2. The van der Waals surface area contributed by atoms with Crippen molar-refractivity contribution in [2.75, 3.05) is 0 Å². The van der Waals surface area contributed by atoms with Gasteiger partial charge in [0, 0.05) is 11.8 Å². The number of carbonyl (C=O) groups is 1. The molecule has 2 rings (SSSR count). The Hall–Kier alpha value is -0.440. The van der Waals surface area contributed by atoms with E-state index in [2.05, 4.69) is 13.8 Å². The molecule has 2 saturated carbocycles. The van der Waals surface area contributed by atoms with Crippen LogP contribution in [0.5, 0.6) is 0 Å². The molecule has 2 N–H and O–H groups in total. The fourth-order valence-corrected chi connectivity index (χ4v) is 3.06. The highest BCUT2D eigenvalue weighted by atomic mass is 19.1. The first-order chi connectivity index (χ1) is 6.29. The first kappa shape index (κ1) is 10.1. The zero-order chi connectivity index (χ0) is 10.6. The molecular weight excluding hydrogens is 181 g/mol. The van der Waals surface area contributed by atoms with Crippen LogP contribution in [0.2, 0.25) is 0 Å². The lowest BCUT2D eigenvalue weighted by atomic mass is 9.45. The topological polar surface area (TPSA) is 43.1 Å². The van der Waals surface area contributed by atoms with Crippen LogP contribution in [-0.4, -0.2) is 11.6 Å². The van der Waals surface area contributed by atoms with Crippen molar-refractivity contribution in [1.29, 1.82) is 0 Å². The van der Waals surface area contributed by atoms with Crippen molar-refractivity contribution < 1.29 is 9.18 Å². The molecule has 2 nitrogen and oxygen atoms in total. The molecule has 2 aliphatic rings. The minimum absolute atomic E-state index is 0.0561. The summed E-state index contributed by atoms with van der Waals surface area (Å²) < 4.78 is 13.4. The standard InChI is InChI=1S/C11H18FNO/c1-9(2)7-8(14)10(9)3-5-11(12,13)6-4-10/h3-7,13H2,1-2H3. The molecule has 0 saturated heterocycles. The van der Waals surface area contributed by atoms with Crippen molar-refractivity contribution >= 4 is 5.78 Å². The third kappa shape index (κ3) is 1.14. The van der Waals surface area contributed by atoms with Crippen molar-refractivity contribution in [2.45, 2.75) is 51.7 Å². The van der Waals surface area contributed by atoms with Gasteiger partial charge in [0.05, 0.1) is 0 Å². The van der Waals surface area contributed by atoms with Crippen LogP contribution in [0.25, 0.3) is 0 Å². The number of ketones is 1. The SMILES string of the molecule is CC1(C)CC(=O)C12CCC(N)(F)CC2. The zero-order valence-electron chi connectivity index (χ0n) is 8.90. The Morgan fingerprint density at radius 1 is 1.21 bits per heavy atom. The van der Waals surface area contributed by atoms with Crippen molar-refractivity contribution in [2.24, 2.45) is 16.6 Å². The molecule has 2 fully saturated rings. The van der Waals surface area contributed by atoms with E-state index in [4.69, 9.17) is 5.73 Å². The smallest absolute Gasteiger partial charge is 0.159 e. The normalized spacial score (nSPS) is 46.4. The number of hydrogen-bond donors (Lipinski definition) is 1. The molecule has 0 radical (unpaired) electrons. The van der Waals surface area contributed by atoms with E-state index < -0.39 is 5.79 Å². The Morgan fingerprint density at radius 2 is 1.71 bits per heavy atom. The Bertz CT molecular complexity index is 273. The molecule has 0 amide bonds. The third-order valence-corrected chi connectivity index (χ3v) is 4.37. The minimum Gasteiger partial charge on any atom is -0.299 e. The van der Waals surface area contributed by atoms with Crippen molar-refractivity contribution in [1.82, 2.24) is 0 Å². The molecule has 0 aromatic heterocycles. The fourth-order valence-electron chi connectivity index (χ4n) is 3.06. The summed E-state index contributed by atoms with van der Waals surface area (Å²) in [6, 6.07) is 0. The first-order valence-corrected chi connectivity index (χ1v) is 5.30. The highest BCUT2D eigenvalue weighted by Crippen LogP contribution is 2.61.